The third kappa shape index (κ3) is 5.53. The molecule has 1 N–H and O–H groups in total. The molecule has 1 heterocycles. The zero-order valence-corrected chi connectivity index (χ0v) is 18.7. The number of hydrogen-bond donors (Lipinski definition) is 1. The van der Waals surface area contributed by atoms with Crippen LogP contribution in [0.15, 0.2) is 42.5 Å². The van der Waals surface area contributed by atoms with Crippen LogP contribution in [0.2, 0.25) is 0 Å². The molecule has 3 amide bonds. The molecule has 0 saturated heterocycles. The highest BCUT2D eigenvalue weighted by atomic mass is 16.5. The topological polar surface area (TPSA) is 84.9 Å². The minimum Gasteiger partial charge on any atom is -0.493 e. The Labute approximate surface area is 188 Å². The molecule has 1 aliphatic heterocycles. The molecule has 0 bridgehead atoms. The van der Waals surface area contributed by atoms with Gasteiger partial charge in [0, 0.05) is 19.8 Å². The van der Waals surface area contributed by atoms with Gasteiger partial charge in [0.05, 0.1) is 29.8 Å². The first-order valence-corrected chi connectivity index (χ1v) is 11.1. The van der Waals surface area contributed by atoms with Crippen LogP contribution in [0, 0.1) is 0 Å². The number of carbonyl (C=O) groups excluding carboxylic acids is 3. The predicted molar refractivity (Wildman–Crippen MR) is 121 cm³/mol. The third-order valence-electron chi connectivity index (χ3n) is 5.20. The summed E-state index contributed by atoms with van der Waals surface area (Å²) >= 11 is 0. The van der Waals surface area contributed by atoms with E-state index in [2.05, 4.69) is 12.2 Å². The Bertz CT molecular complexity index is 938. The van der Waals surface area contributed by atoms with Crippen LogP contribution in [-0.4, -0.2) is 49.0 Å². The molecule has 7 heteroatoms. The van der Waals surface area contributed by atoms with Crippen molar-refractivity contribution in [1.82, 2.24) is 10.2 Å². The van der Waals surface area contributed by atoms with Crippen LogP contribution in [0.4, 0.5) is 0 Å². The van der Waals surface area contributed by atoms with E-state index < -0.39 is 0 Å². The maximum Gasteiger partial charge on any atom is 0.261 e. The maximum absolute atomic E-state index is 12.8. The highest BCUT2D eigenvalue weighted by Crippen LogP contribution is 2.26. The first-order valence-electron chi connectivity index (χ1n) is 11.1. The van der Waals surface area contributed by atoms with Crippen molar-refractivity contribution in [3.8, 4) is 5.75 Å². The van der Waals surface area contributed by atoms with Crippen LogP contribution in [-0.2, 0) is 11.3 Å². The van der Waals surface area contributed by atoms with Crippen molar-refractivity contribution in [3.05, 3.63) is 64.7 Å². The molecule has 0 aromatic heterocycles. The summed E-state index contributed by atoms with van der Waals surface area (Å²) in [4.78, 5) is 39.3. The fourth-order valence-corrected chi connectivity index (χ4v) is 3.52. The highest BCUT2D eigenvalue weighted by molar-refractivity contribution is 6.21. The Morgan fingerprint density at radius 3 is 2.31 bits per heavy atom. The zero-order valence-electron chi connectivity index (χ0n) is 18.7. The molecule has 3 rings (SSSR count). The van der Waals surface area contributed by atoms with E-state index in [1.165, 1.54) is 4.90 Å². The summed E-state index contributed by atoms with van der Waals surface area (Å²) in [5.41, 5.74) is 1.87. The second-order valence-corrected chi connectivity index (χ2v) is 7.58. The first kappa shape index (κ1) is 23.5. The smallest absolute Gasteiger partial charge is 0.261 e. The average molecular weight is 439 g/mol. The highest BCUT2D eigenvalue weighted by Gasteiger charge is 2.35. The minimum atomic E-state index is -0.325. The monoisotopic (exact) mass is 438 g/mol. The van der Waals surface area contributed by atoms with Gasteiger partial charge in [-0.25, -0.2) is 0 Å². The molecular weight excluding hydrogens is 408 g/mol. The standard InChI is InChI=1S/C25H30N2O5/c1-3-5-14-31-15-8-13-26-23(28)21-16-18(11-12-22(21)32-4-2)17-27-24(29)19-9-6-7-10-20(19)25(27)30/h6-7,9-12,16H,3-5,8,13-15,17H2,1-2H3,(H,26,28). The van der Waals surface area contributed by atoms with E-state index in [0.29, 0.717) is 54.2 Å². The summed E-state index contributed by atoms with van der Waals surface area (Å²) in [6.07, 6.45) is 2.84. The number of carbonyl (C=O) groups is 3. The normalized spacial score (nSPS) is 12.8. The van der Waals surface area contributed by atoms with Crippen molar-refractivity contribution in [3.63, 3.8) is 0 Å². The summed E-state index contributed by atoms with van der Waals surface area (Å²) in [7, 11) is 0. The number of benzene rings is 2. The summed E-state index contributed by atoms with van der Waals surface area (Å²) in [6, 6.07) is 11.9. The number of nitrogens with zero attached hydrogens (tertiary/aromatic N) is 1. The number of nitrogens with one attached hydrogen (secondary N) is 1. The van der Waals surface area contributed by atoms with Crippen LogP contribution < -0.4 is 10.1 Å². The van der Waals surface area contributed by atoms with Crippen LogP contribution >= 0.6 is 0 Å². The van der Waals surface area contributed by atoms with E-state index in [0.717, 1.165) is 19.4 Å². The Morgan fingerprint density at radius 1 is 0.969 bits per heavy atom. The Balaban J connectivity index is 1.66. The molecule has 32 heavy (non-hydrogen) atoms. The molecule has 0 fully saturated rings. The van der Waals surface area contributed by atoms with Gasteiger partial charge < -0.3 is 14.8 Å². The van der Waals surface area contributed by atoms with Crippen molar-refractivity contribution in [2.75, 3.05) is 26.4 Å². The summed E-state index contributed by atoms with van der Waals surface area (Å²) < 4.78 is 11.1. The number of ether oxygens (including phenoxy) is 2. The van der Waals surface area contributed by atoms with Gasteiger partial charge in [-0.2, -0.15) is 0 Å². The van der Waals surface area contributed by atoms with E-state index in [9.17, 15) is 14.4 Å². The number of unbranched alkanes of at least 4 members (excludes halogenated alkanes) is 1. The molecule has 0 unspecified atom stereocenters. The molecule has 2 aromatic carbocycles. The Morgan fingerprint density at radius 2 is 1.66 bits per heavy atom. The van der Waals surface area contributed by atoms with E-state index in [1.54, 1.807) is 42.5 Å². The van der Waals surface area contributed by atoms with Gasteiger partial charge in [0.2, 0.25) is 0 Å². The summed E-state index contributed by atoms with van der Waals surface area (Å²) in [6.45, 7) is 6.29. The first-order chi connectivity index (χ1) is 15.6. The summed E-state index contributed by atoms with van der Waals surface area (Å²) in [5, 5.41) is 2.89. The Hall–Kier alpha value is -3.19. The van der Waals surface area contributed by atoms with E-state index >= 15 is 0 Å². The molecule has 0 spiro atoms. The van der Waals surface area contributed by atoms with E-state index in [-0.39, 0.29) is 24.3 Å². The van der Waals surface area contributed by atoms with Crippen LogP contribution in [0.1, 0.15) is 69.7 Å². The molecule has 0 aliphatic carbocycles. The predicted octanol–water partition coefficient (Wildman–Crippen LogP) is 3.82. The number of imide groups is 1. The van der Waals surface area contributed by atoms with Crippen molar-refractivity contribution in [2.24, 2.45) is 0 Å². The molecule has 170 valence electrons. The lowest BCUT2D eigenvalue weighted by molar-refractivity contribution is 0.0642. The van der Waals surface area contributed by atoms with Crippen LogP contribution in [0.3, 0.4) is 0 Å². The molecule has 1 aliphatic rings. The minimum absolute atomic E-state index is 0.0876. The van der Waals surface area contributed by atoms with Crippen molar-refractivity contribution < 1.29 is 23.9 Å². The molecule has 0 saturated carbocycles. The fraction of sp³-hybridized carbons (Fsp3) is 0.400. The number of fused-ring (bicyclic) bond motifs is 1. The quantitative estimate of drug-likeness (QED) is 0.402. The number of hydrogen-bond acceptors (Lipinski definition) is 5. The van der Waals surface area contributed by atoms with Gasteiger partial charge in [-0.05, 0) is 49.6 Å². The van der Waals surface area contributed by atoms with Gasteiger partial charge in [0.15, 0.2) is 0 Å². The Kier molecular flexibility index (Phi) is 8.39. The van der Waals surface area contributed by atoms with Gasteiger partial charge in [-0.3, -0.25) is 19.3 Å². The third-order valence-corrected chi connectivity index (χ3v) is 5.20. The molecule has 7 nitrogen and oxygen atoms in total. The molecule has 0 atom stereocenters. The largest absolute Gasteiger partial charge is 0.493 e. The van der Waals surface area contributed by atoms with E-state index in [4.69, 9.17) is 9.47 Å². The van der Waals surface area contributed by atoms with Crippen molar-refractivity contribution in [2.45, 2.75) is 39.7 Å². The van der Waals surface area contributed by atoms with Crippen LogP contribution in [0.25, 0.3) is 0 Å². The van der Waals surface area contributed by atoms with E-state index in [1.807, 2.05) is 6.92 Å². The number of rotatable bonds is 12. The second-order valence-electron chi connectivity index (χ2n) is 7.58. The number of amides is 3. The van der Waals surface area contributed by atoms with Gasteiger partial charge >= 0.3 is 0 Å². The van der Waals surface area contributed by atoms with Crippen molar-refractivity contribution >= 4 is 17.7 Å². The second kappa shape index (κ2) is 11.4. The van der Waals surface area contributed by atoms with Gasteiger partial charge in [0.1, 0.15) is 5.75 Å². The molecular formula is C25H30N2O5. The van der Waals surface area contributed by atoms with Gasteiger partial charge in [0.25, 0.3) is 17.7 Å². The average Bonchev–Trinajstić information content (AvgIpc) is 3.04. The lowest BCUT2D eigenvalue weighted by Crippen LogP contribution is -2.29. The molecule has 0 radical (unpaired) electrons. The SMILES string of the molecule is CCCCOCCCNC(=O)c1cc(CN2C(=O)c3ccccc3C2=O)ccc1OCC. The van der Waals surface area contributed by atoms with Crippen LogP contribution in [0.5, 0.6) is 5.75 Å². The molecule has 2 aromatic rings. The van der Waals surface area contributed by atoms with Crippen molar-refractivity contribution in [1.29, 1.82) is 0 Å². The van der Waals surface area contributed by atoms with Gasteiger partial charge in [-0.15, -0.1) is 0 Å². The van der Waals surface area contributed by atoms with Gasteiger partial charge in [-0.1, -0.05) is 31.5 Å². The maximum atomic E-state index is 12.8. The lowest BCUT2D eigenvalue weighted by Gasteiger charge is -2.16. The fourth-order valence-electron chi connectivity index (χ4n) is 3.52. The zero-order chi connectivity index (χ0) is 22.9. The lowest BCUT2D eigenvalue weighted by atomic mass is 10.1. The summed E-state index contributed by atoms with van der Waals surface area (Å²) in [5.74, 6) is -0.441.